The van der Waals surface area contributed by atoms with E-state index in [2.05, 4.69) is 21.2 Å². The molecule has 20 heavy (non-hydrogen) atoms. The first kappa shape index (κ1) is 16.6. The van der Waals surface area contributed by atoms with E-state index in [0.29, 0.717) is 12.8 Å². The van der Waals surface area contributed by atoms with Gasteiger partial charge in [0.2, 0.25) is 0 Å². The van der Waals surface area contributed by atoms with E-state index in [1.165, 1.54) is 18.2 Å². The molecule has 0 aliphatic heterocycles. The van der Waals surface area contributed by atoms with Crippen LogP contribution in [0.5, 0.6) is 0 Å². The minimum atomic E-state index is -0.956. The molecule has 1 rings (SSSR count). The van der Waals surface area contributed by atoms with Crippen LogP contribution in [0, 0.1) is 10.1 Å². The highest BCUT2D eigenvalue weighted by molar-refractivity contribution is 9.10. The first-order valence-corrected chi connectivity index (χ1v) is 7.07. The van der Waals surface area contributed by atoms with E-state index < -0.39 is 16.4 Å². The van der Waals surface area contributed by atoms with Crippen LogP contribution in [0.4, 0.5) is 5.69 Å². The summed E-state index contributed by atoms with van der Waals surface area (Å²) in [5, 5.41) is 23.5. The summed E-state index contributed by atoms with van der Waals surface area (Å²) in [6.45, 7) is 3.77. The first-order chi connectivity index (χ1) is 9.34. The summed E-state index contributed by atoms with van der Waals surface area (Å²) >= 11 is 3.07. The molecular weight excluding hydrogens is 328 g/mol. The van der Waals surface area contributed by atoms with E-state index in [4.69, 9.17) is 0 Å². The van der Waals surface area contributed by atoms with Gasteiger partial charge < -0.3 is 10.4 Å². The predicted molar refractivity (Wildman–Crippen MR) is 78.7 cm³/mol. The number of aliphatic hydroxyl groups is 1. The molecule has 0 aliphatic rings. The summed E-state index contributed by atoms with van der Waals surface area (Å²) in [5.41, 5.74) is -0.948. The Labute approximate surface area is 125 Å². The SMILES string of the molecule is CCC(O)(CC)CNC(=O)c1cccc([N+](=O)[O-])c1Br. The van der Waals surface area contributed by atoms with Gasteiger partial charge in [-0.25, -0.2) is 0 Å². The van der Waals surface area contributed by atoms with Gasteiger partial charge in [-0.3, -0.25) is 14.9 Å². The minimum Gasteiger partial charge on any atom is -0.388 e. The van der Waals surface area contributed by atoms with E-state index in [-0.39, 0.29) is 22.3 Å². The third-order valence-corrected chi connectivity index (χ3v) is 4.15. The normalized spacial score (nSPS) is 11.2. The zero-order chi connectivity index (χ0) is 15.3. The van der Waals surface area contributed by atoms with Gasteiger partial charge in [0.1, 0.15) is 4.47 Å². The van der Waals surface area contributed by atoms with Gasteiger partial charge in [0.15, 0.2) is 0 Å². The maximum absolute atomic E-state index is 12.0. The van der Waals surface area contributed by atoms with Crippen LogP contribution >= 0.6 is 15.9 Å². The van der Waals surface area contributed by atoms with Crippen LogP contribution in [0.1, 0.15) is 37.0 Å². The Morgan fingerprint density at radius 3 is 2.55 bits per heavy atom. The van der Waals surface area contributed by atoms with Gasteiger partial charge in [0.05, 0.1) is 16.1 Å². The van der Waals surface area contributed by atoms with Crippen LogP contribution < -0.4 is 5.32 Å². The summed E-state index contributed by atoms with van der Waals surface area (Å²) < 4.78 is 0.138. The molecule has 0 atom stereocenters. The van der Waals surface area contributed by atoms with E-state index in [1.807, 2.05) is 13.8 Å². The second kappa shape index (κ2) is 6.81. The average molecular weight is 345 g/mol. The van der Waals surface area contributed by atoms with Crippen LogP contribution in [0.2, 0.25) is 0 Å². The Bertz CT molecular complexity index is 515. The maximum Gasteiger partial charge on any atom is 0.284 e. The molecule has 0 aliphatic carbocycles. The fourth-order valence-electron chi connectivity index (χ4n) is 1.68. The smallest absolute Gasteiger partial charge is 0.284 e. The molecule has 0 bridgehead atoms. The molecule has 0 aromatic heterocycles. The van der Waals surface area contributed by atoms with E-state index in [9.17, 15) is 20.0 Å². The second-order valence-corrected chi connectivity index (χ2v) is 5.30. The second-order valence-electron chi connectivity index (χ2n) is 4.51. The van der Waals surface area contributed by atoms with Gasteiger partial charge in [-0.15, -0.1) is 0 Å². The molecule has 7 heteroatoms. The number of hydrogen-bond donors (Lipinski definition) is 2. The summed E-state index contributed by atoms with van der Waals surface area (Å²) in [7, 11) is 0. The number of halogens is 1. The Morgan fingerprint density at radius 1 is 1.45 bits per heavy atom. The number of carbonyl (C=O) groups excluding carboxylic acids is 1. The molecule has 0 fully saturated rings. The molecule has 0 spiro atoms. The van der Waals surface area contributed by atoms with Gasteiger partial charge in [0, 0.05) is 12.6 Å². The minimum absolute atomic E-state index is 0.105. The highest BCUT2D eigenvalue weighted by atomic mass is 79.9. The summed E-state index contributed by atoms with van der Waals surface area (Å²) in [5.74, 6) is -0.457. The standard InChI is InChI=1S/C13H17BrN2O4/c1-3-13(18,4-2)8-15-12(17)9-6-5-7-10(11(9)14)16(19)20/h5-7,18H,3-4,8H2,1-2H3,(H,15,17). The van der Waals surface area contributed by atoms with Gasteiger partial charge in [-0.05, 0) is 34.8 Å². The zero-order valence-electron chi connectivity index (χ0n) is 11.4. The average Bonchev–Trinajstić information content (AvgIpc) is 2.44. The van der Waals surface area contributed by atoms with Crippen molar-refractivity contribution in [2.45, 2.75) is 32.3 Å². The lowest BCUT2D eigenvalue weighted by Gasteiger charge is -2.25. The number of hydrogen-bond acceptors (Lipinski definition) is 4. The molecule has 1 aromatic carbocycles. The van der Waals surface area contributed by atoms with Crippen LogP contribution in [0.25, 0.3) is 0 Å². The zero-order valence-corrected chi connectivity index (χ0v) is 12.9. The fourth-order valence-corrected chi connectivity index (χ4v) is 2.27. The van der Waals surface area contributed by atoms with Crippen LogP contribution in [-0.2, 0) is 0 Å². The molecule has 1 amide bonds. The number of benzene rings is 1. The van der Waals surface area contributed by atoms with Crippen molar-refractivity contribution in [2.24, 2.45) is 0 Å². The summed E-state index contributed by atoms with van der Waals surface area (Å²) in [6.07, 6.45) is 1.03. The molecule has 2 N–H and O–H groups in total. The Morgan fingerprint density at radius 2 is 2.05 bits per heavy atom. The molecule has 0 radical (unpaired) electrons. The molecule has 110 valence electrons. The monoisotopic (exact) mass is 344 g/mol. The Hall–Kier alpha value is -1.47. The molecule has 1 aromatic rings. The summed E-state index contributed by atoms with van der Waals surface area (Å²) in [4.78, 5) is 22.3. The fraction of sp³-hybridized carbons (Fsp3) is 0.462. The van der Waals surface area contributed by atoms with Crippen molar-refractivity contribution in [1.29, 1.82) is 0 Å². The molecule has 0 heterocycles. The predicted octanol–water partition coefficient (Wildman–Crippen LogP) is 2.64. The van der Waals surface area contributed by atoms with E-state index >= 15 is 0 Å². The van der Waals surface area contributed by atoms with Crippen molar-refractivity contribution >= 4 is 27.5 Å². The van der Waals surface area contributed by atoms with Crippen LogP contribution in [0.3, 0.4) is 0 Å². The van der Waals surface area contributed by atoms with Gasteiger partial charge in [-0.1, -0.05) is 19.9 Å². The number of nitro benzene ring substituents is 1. The van der Waals surface area contributed by atoms with Crippen LogP contribution in [0.15, 0.2) is 22.7 Å². The highest BCUT2D eigenvalue weighted by Gasteiger charge is 2.25. The van der Waals surface area contributed by atoms with Crippen LogP contribution in [-0.4, -0.2) is 28.1 Å². The lowest BCUT2D eigenvalue weighted by molar-refractivity contribution is -0.385. The number of nitrogens with one attached hydrogen (secondary N) is 1. The Kier molecular flexibility index (Phi) is 5.64. The quantitative estimate of drug-likeness (QED) is 0.612. The number of amides is 1. The van der Waals surface area contributed by atoms with E-state index in [0.717, 1.165) is 0 Å². The summed E-state index contributed by atoms with van der Waals surface area (Å²) in [6, 6.07) is 4.25. The van der Waals surface area contributed by atoms with Crippen molar-refractivity contribution in [3.8, 4) is 0 Å². The number of carbonyl (C=O) groups is 1. The third-order valence-electron chi connectivity index (χ3n) is 3.31. The maximum atomic E-state index is 12.0. The van der Waals surface area contributed by atoms with Gasteiger partial charge in [0.25, 0.3) is 11.6 Å². The van der Waals surface area contributed by atoms with Gasteiger partial charge >= 0.3 is 0 Å². The largest absolute Gasteiger partial charge is 0.388 e. The Balaban J connectivity index is 2.89. The molecule has 0 saturated heterocycles. The van der Waals surface area contributed by atoms with Crippen molar-refractivity contribution in [3.05, 3.63) is 38.3 Å². The first-order valence-electron chi connectivity index (χ1n) is 6.28. The van der Waals surface area contributed by atoms with E-state index in [1.54, 1.807) is 0 Å². The highest BCUT2D eigenvalue weighted by Crippen LogP contribution is 2.28. The third kappa shape index (κ3) is 3.77. The lowest BCUT2D eigenvalue weighted by Crippen LogP contribution is -2.42. The van der Waals surface area contributed by atoms with Gasteiger partial charge in [-0.2, -0.15) is 0 Å². The number of rotatable bonds is 6. The van der Waals surface area contributed by atoms with Crippen molar-refractivity contribution in [2.75, 3.05) is 6.54 Å². The molecule has 0 unspecified atom stereocenters. The topological polar surface area (TPSA) is 92.5 Å². The van der Waals surface area contributed by atoms with Crippen molar-refractivity contribution in [1.82, 2.24) is 5.32 Å². The molecule has 0 saturated carbocycles. The van der Waals surface area contributed by atoms with Crippen molar-refractivity contribution in [3.63, 3.8) is 0 Å². The lowest BCUT2D eigenvalue weighted by atomic mass is 9.97. The molecule has 6 nitrogen and oxygen atoms in total. The van der Waals surface area contributed by atoms with Crippen molar-refractivity contribution < 1.29 is 14.8 Å². The number of nitro groups is 1. The number of nitrogens with zero attached hydrogens (tertiary/aromatic N) is 1. The molecular formula is C13H17BrN2O4.